The van der Waals surface area contributed by atoms with Gasteiger partial charge in [0, 0.05) is 5.56 Å². The molecule has 1 amide bonds. The van der Waals surface area contributed by atoms with Crippen molar-refractivity contribution in [2.24, 2.45) is 0 Å². The second-order valence-electron chi connectivity index (χ2n) is 2.40. The number of thiol groups is 1. The molecule has 1 aromatic carbocycles. The second-order valence-corrected chi connectivity index (χ2v) is 2.63. The molecule has 0 bridgehead atoms. The minimum atomic E-state index is -1.65. The number of nitrogens with one attached hydrogen (secondary N) is 1. The normalized spacial score (nSPS) is 9.46. The number of hydrogen-bond acceptors (Lipinski definition) is 4. The molecule has 0 aliphatic rings. The summed E-state index contributed by atoms with van der Waals surface area (Å²) in [6.45, 7) is 0. The van der Waals surface area contributed by atoms with E-state index in [1.165, 1.54) is 12.1 Å². The van der Waals surface area contributed by atoms with Crippen LogP contribution in [0.1, 0.15) is 10.4 Å². The van der Waals surface area contributed by atoms with Crippen LogP contribution in [0.25, 0.3) is 0 Å². The van der Waals surface area contributed by atoms with E-state index in [1.807, 2.05) is 0 Å². The predicted molar refractivity (Wildman–Crippen MR) is 52.7 cm³/mol. The maximum Gasteiger partial charge on any atom is 0.489 e. The number of hydrogen-bond donors (Lipinski definition) is 4. The Bertz CT molecular complexity index is 318. The van der Waals surface area contributed by atoms with Gasteiger partial charge in [-0.3, -0.25) is 9.52 Å². The molecule has 0 fully saturated rings. The summed E-state index contributed by atoms with van der Waals surface area (Å²) in [5.41, 5.74) is 0.363. The van der Waals surface area contributed by atoms with Gasteiger partial charge in [0.15, 0.2) is 0 Å². The molecule has 4 nitrogen and oxygen atoms in total. The van der Waals surface area contributed by atoms with Gasteiger partial charge in [-0.15, -0.1) is 0 Å². The van der Waals surface area contributed by atoms with Crippen LogP contribution in [0.2, 0.25) is 0 Å². The van der Waals surface area contributed by atoms with Gasteiger partial charge < -0.3 is 10.0 Å². The Morgan fingerprint density at radius 3 is 2.54 bits per heavy atom. The molecular formula is C7H8BNO3S. The third kappa shape index (κ3) is 2.24. The first kappa shape index (κ1) is 10.1. The van der Waals surface area contributed by atoms with Crippen LogP contribution in [-0.4, -0.2) is 23.1 Å². The van der Waals surface area contributed by atoms with Crippen molar-refractivity contribution in [1.29, 1.82) is 0 Å². The third-order valence-corrected chi connectivity index (χ3v) is 1.79. The van der Waals surface area contributed by atoms with Gasteiger partial charge in [-0.2, -0.15) is 0 Å². The second kappa shape index (κ2) is 4.31. The van der Waals surface area contributed by atoms with Crippen LogP contribution in [0, 0.1) is 0 Å². The van der Waals surface area contributed by atoms with Gasteiger partial charge in [0.05, 0.1) is 0 Å². The number of benzene rings is 1. The Kier molecular flexibility index (Phi) is 3.35. The number of rotatable bonds is 2. The topological polar surface area (TPSA) is 69.6 Å². The van der Waals surface area contributed by atoms with Crippen molar-refractivity contribution in [2.45, 2.75) is 0 Å². The van der Waals surface area contributed by atoms with Crippen LogP contribution < -0.4 is 10.2 Å². The summed E-state index contributed by atoms with van der Waals surface area (Å²) in [5.74, 6) is -0.466. The largest absolute Gasteiger partial charge is 0.489 e. The van der Waals surface area contributed by atoms with E-state index in [1.54, 1.807) is 12.1 Å². The van der Waals surface area contributed by atoms with Crippen LogP contribution in [-0.2, 0) is 0 Å². The van der Waals surface area contributed by atoms with Gasteiger partial charge in [-0.1, -0.05) is 31.0 Å². The fourth-order valence-corrected chi connectivity index (χ4v) is 1.11. The molecule has 0 atom stereocenters. The van der Waals surface area contributed by atoms with Gasteiger partial charge in [-0.05, 0) is 11.5 Å². The molecule has 3 N–H and O–H groups in total. The van der Waals surface area contributed by atoms with E-state index >= 15 is 0 Å². The molecule has 0 saturated heterocycles. The van der Waals surface area contributed by atoms with Gasteiger partial charge >= 0.3 is 7.12 Å². The van der Waals surface area contributed by atoms with Crippen molar-refractivity contribution in [3.05, 3.63) is 29.8 Å². The first-order valence-corrected chi connectivity index (χ1v) is 4.01. The molecule has 0 radical (unpaired) electrons. The standard InChI is InChI=1S/C7H8BNO3S/c10-7(9-13)5-3-1-2-4-6(5)8(11)12/h1-4,11-13H,(H,9,10). The highest BCUT2D eigenvalue weighted by Crippen LogP contribution is 1.97. The fraction of sp³-hybridized carbons (Fsp3) is 0. The predicted octanol–water partition coefficient (Wildman–Crippen LogP) is -1.06. The van der Waals surface area contributed by atoms with E-state index in [0.29, 0.717) is 0 Å². The van der Waals surface area contributed by atoms with Crippen molar-refractivity contribution in [3.63, 3.8) is 0 Å². The minimum absolute atomic E-state index is 0.161. The Labute approximate surface area is 81.3 Å². The van der Waals surface area contributed by atoms with E-state index in [2.05, 4.69) is 17.5 Å². The van der Waals surface area contributed by atoms with E-state index in [4.69, 9.17) is 10.0 Å². The van der Waals surface area contributed by atoms with E-state index in [-0.39, 0.29) is 11.0 Å². The SMILES string of the molecule is O=C(NS)c1ccccc1B(O)O. The van der Waals surface area contributed by atoms with E-state index < -0.39 is 13.0 Å². The van der Waals surface area contributed by atoms with Gasteiger partial charge in [-0.25, -0.2) is 0 Å². The third-order valence-electron chi connectivity index (χ3n) is 1.59. The zero-order chi connectivity index (χ0) is 9.84. The van der Waals surface area contributed by atoms with Crippen LogP contribution in [0.3, 0.4) is 0 Å². The maximum atomic E-state index is 11.1. The van der Waals surface area contributed by atoms with Crippen molar-refractivity contribution >= 4 is 31.3 Å². The van der Waals surface area contributed by atoms with E-state index in [9.17, 15) is 4.79 Å². The molecular weight excluding hydrogens is 189 g/mol. The van der Waals surface area contributed by atoms with Crippen molar-refractivity contribution in [1.82, 2.24) is 4.72 Å². The number of amides is 1. The molecule has 0 spiro atoms. The van der Waals surface area contributed by atoms with Crippen LogP contribution in [0.15, 0.2) is 24.3 Å². The van der Waals surface area contributed by atoms with Crippen molar-refractivity contribution in [3.8, 4) is 0 Å². The highest BCUT2D eigenvalue weighted by Gasteiger charge is 2.18. The number of carbonyl (C=O) groups excluding carboxylic acids is 1. The van der Waals surface area contributed by atoms with Crippen LogP contribution >= 0.6 is 12.8 Å². The highest BCUT2D eigenvalue weighted by molar-refractivity contribution is 7.78. The molecule has 1 aromatic rings. The minimum Gasteiger partial charge on any atom is -0.423 e. The molecule has 13 heavy (non-hydrogen) atoms. The van der Waals surface area contributed by atoms with E-state index in [0.717, 1.165) is 0 Å². The maximum absolute atomic E-state index is 11.1. The van der Waals surface area contributed by atoms with Gasteiger partial charge in [0.2, 0.25) is 0 Å². The lowest BCUT2D eigenvalue weighted by Crippen LogP contribution is -2.36. The molecule has 0 aliphatic carbocycles. The molecule has 6 heteroatoms. The summed E-state index contributed by atoms with van der Waals surface area (Å²) in [5, 5.41) is 17.8. The monoisotopic (exact) mass is 197 g/mol. The van der Waals surface area contributed by atoms with Gasteiger partial charge in [0.25, 0.3) is 5.91 Å². The molecule has 0 heterocycles. The Balaban J connectivity index is 3.12. The summed E-state index contributed by atoms with van der Waals surface area (Å²) in [6.07, 6.45) is 0. The number of carbonyl (C=O) groups is 1. The van der Waals surface area contributed by atoms with Gasteiger partial charge in [0.1, 0.15) is 0 Å². The molecule has 1 rings (SSSR count). The van der Waals surface area contributed by atoms with Crippen LogP contribution in [0.5, 0.6) is 0 Å². The highest BCUT2D eigenvalue weighted by atomic mass is 32.1. The van der Waals surface area contributed by atoms with Crippen LogP contribution in [0.4, 0.5) is 0 Å². The quantitative estimate of drug-likeness (QED) is 0.361. The summed E-state index contributed by atoms with van der Waals surface area (Å²) >= 11 is 3.58. The van der Waals surface area contributed by atoms with Crippen molar-refractivity contribution < 1.29 is 14.8 Å². The molecule has 0 saturated carbocycles. The smallest absolute Gasteiger partial charge is 0.423 e. The Morgan fingerprint density at radius 2 is 2.00 bits per heavy atom. The summed E-state index contributed by atoms with van der Waals surface area (Å²) in [4.78, 5) is 11.1. The summed E-state index contributed by atoms with van der Waals surface area (Å²) in [7, 11) is -1.65. The molecule has 0 aromatic heterocycles. The lowest BCUT2D eigenvalue weighted by molar-refractivity contribution is 0.0985. The first-order valence-electron chi connectivity index (χ1n) is 3.56. The summed E-state index contributed by atoms with van der Waals surface area (Å²) < 4.78 is 2.11. The lowest BCUT2D eigenvalue weighted by Gasteiger charge is -2.05. The average Bonchev–Trinajstić information content (AvgIpc) is 2.16. The Hall–Kier alpha value is -0.975. The first-order chi connectivity index (χ1) is 6.16. The summed E-state index contributed by atoms with van der Waals surface area (Å²) in [6, 6.07) is 6.19. The Morgan fingerprint density at radius 1 is 1.38 bits per heavy atom. The lowest BCUT2D eigenvalue weighted by atomic mass is 9.77. The molecule has 68 valence electrons. The average molecular weight is 197 g/mol. The fourth-order valence-electron chi connectivity index (χ4n) is 0.989. The van der Waals surface area contributed by atoms with Crippen molar-refractivity contribution in [2.75, 3.05) is 0 Å². The molecule has 0 aliphatic heterocycles. The molecule has 0 unspecified atom stereocenters. The zero-order valence-corrected chi connectivity index (χ0v) is 7.53. The zero-order valence-electron chi connectivity index (χ0n) is 6.64.